The van der Waals surface area contributed by atoms with Gasteiger partial charge in [-0.1, -0.05) is 30.3 Å². The molecule has 2 fully saturated rings. The van der Waals surface area contributed by atoms with E-state index in [1.54, 1.807) is 7.11 Å². The van der Waals surface area contributed by atoms with Gasteiger partial charge in [-0.05, 0) is 31.5 Å². The summed E-state index contributed by atoms with van der Waals surface area (Å²) in [6, 6.07) is 10.3. The molecule has 1 aromatic rings. The van der Waals surface area contributed by atoms with Gasteiger partial charge in [0.1, 0.15) is 0 Å². The third kappa shape index (κ3) is 4.15. The van der Waals surface area contributed by atoms with Gasteiger partial charge in [-0.3, -0.25) is 4.79 Å². The standard InChI is InChI=1S/C19H28N2O3/c1-23-13-9-18(22)21-12-14-24-17(15-20-10-5-6-11-20)19(21)16-7-3-2-4-8-16/h2-4,7-8,17,19H,5-6,9-15H2,1H3/t17-,19-/m0/s1. The van der Waals surface area contributed by atoms with Crippen molar-refractivity contribution in [3.63, 3.8) is 0 Å². The number of hydrogen-bond donors (Lipinski definition) is 0. The molecular formula is C19H28N2O3. The monoisotopic (exact) mass is 332 g/mol. The Morgan fingerprint density at radius 1 is 1.21 bits per heavy atom. The first kappa shape index (κ1) is 17.4. The average Bonchev–Trinajstić information content (AvgIpc) is 3.13. The number of hydrogen-bond acceptors (Lipinski definition) is 4. The lowest BCUT2D eigenvalue weighted by atomic mass is 9.97. The molecule has 0 aliphatic carbocycles. The van der Waals surface area contributed by atoms with E-state index in [1.165, 1.54) is 12.8 Å². The van der Waals surface area contributed by atoms with Crippen molar-refractivity contribution in [1.29, 1.82) is 0 Å². The normalized spacial score (nSPS) is 25.1. The predicted molar refractivity (Wildman–Crippen MR) is 92.8 cm³/mol. The number of morpholine rings is 1. The Balaban J connectivity index is 1.79. The maximum absolute atomic E-state index is 12.7. The van der Waals surface area contributed by atoms with Crippen LogP contribution in [0.25, 0.3) is 0 Å². The highest BCUT2D eigenvalue weighted by molar-refractivity contribution is 5.77. The Labute approximate surface area is 144 Å². The third-order valence-electron chi connectivity index (χ3n) is 4.97. The molecule has 5 nitrogen and oxygen atoms in total. The van der Waals surface area contributed by atoms with E-state index in [1.807, 2.05) is 23.1 Å². The zero-order valence-corrected chi connectivity index (χ0v) is 14.5. The molecule has 3 rings (SSSR count). The minimum Gasteiger partial charge on any atom is -0.384 e. The number of ether oxygens (including phenoxy) is 2. The minimum absolute atomic E-state index is 0.00935. The van der Waals surface area contributed by atoms with Crippen molar-refractivity contribution in [2.24, 2.45) is 0 Å². The molecule has 1 amide bonds. The molecule has 0 saturated carbocycles. The fourth-order valence-corrected chi connectivity index (χ4v) is 3.76. The Morgan fingerprint density at radius 3 is 2.67 bits per heavy atom. The lowest BCUT2D eigenvalue weighted by Gasteiger charge is -2.43. The van der Waals surface area contributed by atoms with E-state index in [9.17, 15) is 4.79 Å². The number of amides is 1. The van der Waals surface area contributed by atoms with Crippen molar-refractivity contribution < 1.29 is 14.3 Å². The van der Waals surface area contributed by atoms with Crippen molar-refractivity contribution in [2.75, 3.05) is 46.5 Å². The van der Waals surface area contributed by atoms with Crippen LogP contribution in [0.15, 0.2) is 30.3 Å². The minimum atomic E-state index is -0.00935. The summed E-state index contributed by atoms with van der Waals surface area (Å²) < 4.78 is 11.2. The van der Waals surface area contributed by atoms with Crippen LogP contribution in [0.1, 0.15) is 30.9 Å². The largest absolute Gasteiger partial charge is 0.384 e. The zero-order chi connectivity index (χ0) is 16.8. The summed E-state index contributed by atoms with van der Waals surface area (Å²) >= 11 is 0. The highest BCUT2D eigenvalue weighted by Crippen LogP contribution is 2.31. The van der Waals surface area contributed by atoms with Crippen molar-refractivity contribution >= 4 is 5.91 Å². The van der Waals surface area contributed by atoms with Crippen LogP contribution in [0.2, 0.25) is 0 Å². The number of carbonyl (C=O) groups excluding carboxylic acids is 1. The molecule has 1 aromatic carbocycles. The fourth-order valence-electron chi connectivity index (χ4n) is 3.76. The van der Waals surface area contributed by atoms with Gasteiger partial charge in [0.2, 0.25) is 5.91 Å². The second-order valence-electron chi connectivity index (χ2n) is 6.60. The molecular weight excluding hydrogens is 304 g/mol. The van der Waals surface area contributed by atoms with E-state index in [0.717, 1.165) is 25.2 Å². The molecule has 2 atom stereocenters. The van der Waals surface area contributed by atoms with Crippen LogP contribution in [0.3, 0.4) is 0 Å². The fraction of sp³-hybridized carbons (Fsp3) is 0.632. The molecule has 2 aliphatic heterocycles. The molecule has 0 aromatic heterocycles. The van der Waals surface area contributed by atoms with Gasteiger partial charge in [0, 0.05) is 20.2 Å². The number of nitrogens with zero attached hydrogens (tertiary/aromatic N) is 2. The van der Waals surface area contributed by atoms with Gasteiger partial charge in [0.05, 0.1) is 31.8 Å². The summed E-state index contributed by atoms with van der Waals surface area (Å²) in [4.78, 5) is 17.2. The smallest absolute Gasteiger partial charge is 0.225 e. The summed E-state index contributed by atoms with van der Waals surface area (Å²) in [6.07, 6.45) is 2.99. The van der Waals surface area contributed by atoms with Crippen LogP contribution in [-0.2, 0) is 14.3 Å². The first-order chi connectivity index (χ1) is 11.8. The molecule has 24 heavy (non-hydrogen) atoms. The summed E-state index contributed by atoms with van der Waals surface area (Å²) in [5.41, 5.74) is 1.16. The van der Waals surface area contributed by atoms with Crippen LogP contribution >= 0.6 is 0 Å². The number of carbonyl (C=O) groups is 1. The second-order valence-corrected chi connectivity index (χ2v) is 6.60. The first-order valence-electron chi connectivity index (χ1n) is 8.97. The summed E-state index contributed by atoms with van der Waals surface area (Å²) in [5.74, 6) is 0.153. The van der Waals surface area contributed by atoms with E-state index in [0.29, 0.717) is 26.2 Å². The highest BCUT2D eigenvalue weighted by atomic mass is 16.5. The molecule has 0 bridgehead atoms. The zero-order valence-electron chi connectivity index (χ0n) is 14.5. The Hall–Kier alpha value is -1.43. The molecule has 0 spiro atoms. The quantitative estimate of drug-likeness (QED) is 0.800. The Bertz CT molecular complexity index is 517. The van der Waals surface area contributed by atoms with Crippen molar-refractivity contribution in [3.8, 4) is 0 Å². The van der Waals surface area contributed by atoms with Gasteiger partial charge in [0.25, 0.3) is 0 Å². The Kier molecular flexibility index (Phi) is 6.24. The summed E-state index contributed by atoms with van der Waals surface area (Å²) in [5, 5.41) is 0. The molecule has 2 heterocycles. The van der Waals surface area contributed by atoms with Crippen LogP contribution < -0.4 is 0 Å². The molecule has 5 heteroatoms. The SMILES string of the molecule is COCCC(=O)N1CCO[C@@H](CN2CCCC2)[C@@H]1c1ccccc1. The van der Waals surface area contributed by atoms with Crippen LogP contribution in [0, 0.1) is 0 Å². The summed E-state index contributed by atoms with van der Waals surface area (Å²) in [7, 11) is 1.64. The topological polar surface area (TPSA) is 42.0 Å². The predicted octanol–water partition coefficient (Wildman–Crippen LogP) is 2.09. The molecule has 2 saturated heterocycles. The third-order valence-corrected chi connectivity index (χ3v) is 4.97. The van der Waals surface area contributed by atoms with E-state index >= 15 is 0 Å². The highest BCUT2D eigenvalue weighted by Gasteiger charge is 2.37. The molecule has 132 valence electrons. The van der Waals surface area contributed by atoms with Crippen LogP contribution in [0.5, 0.6) is 0 Å². The number of benzene rings is 1. The van der Waals surface area contributed by atoms with Gasteiger partial charge in [0.15, 0.2) is 0 Å². The number of likely N-dealkylation sites (tertiary alicyclic amines) is 1. The lowest BCUT2D eigenvalue weighted by Crippen LogP contribution is -2.51. The molecule has 0 N–H and O–H groups in total. The van der Waals surface area contributed by atoms with Crippen molar-refractivity contribution in [2.45, 2.75) is 31.4 Å². The maximum Gasteiger partial charge on any atom is 0.225 e. The second kappa shape index (κ2) is 8.60. The van der Waals surface area contributed by atoms with E-state index in [2.05, 4.69) is 17.0 Å². The molecule has 0 unspecified atom stereocenters. The Morgan fingerprint density at radius 2 is 1.96 bits per heavy atom. The maximum atomic E-state index is 12.7. The van der Waals surface area contributed by atoms with Crippen molar-refractivity contribution in [1.82, 2.24) is 9.80 Å². The number of methoxy groups -OCH3 is 1. The van der Waals surface area contributed by atoms with Crippen LogP contribution in [0.4, 0.5) is 0 Å². The van der Waals surface area contributed by atoms with E-state index in [-0.39, 0.29) is 18.1 Å². The van der Waals surface area contributed by atoms with E-state index in [4.69, 9.17) is 9.47 Å². The van der Waals surface area contributed by atoms with Gasteiger partial charge >= 0.3 is 0 Å². The summed E-state index contributed by atoms with van der Waals surface area (Å²) in [6.45, 7) is 4.90. The lowest BCUT2D eigenvalue weighted by molar-refractivity contribution is -0.149. The van der Waals surface area contributed by atoms with Crippen molar-refractivity contribution in [3.05, 3.63) is 35.9 Å². The van der Waals surface area contributed by atoms with Crippen LogP contribution in [-0.4, -0.2) is 68.3 Å². The molecule has 0 radical (unpaired) electrons. The number of rotatable bonds is 6. The van der Waals surface area contributed by atoms with E-state index < -0.39 is 0 Å². The van der Waals surface area contributed by atoms with Gasteiger partial charge in [-0.15, -0.1) is 0 Å². The van der Waals surface area contributed by atoms with Gasteiger partial charge in [-0.2, -0.15) is 0 Å². The first-order valence-corrected chi connectivity index (χ1v) is 8.97. The van der Waals surface area contributed by atoms with Gasteiger partial charge < -0.3 is 19.3 Å². The van der Waals surface area contributed by atoms with Gasteiger partial charge in [-0.25, -0.2) is 0 Å². The molecule has 2 aliphatic rings. The average molecular weight is 332 g/mol.